The SMILES string of the molecule is CC(C)CN(C)C(C)CC(=O)NN. The lowest BCUT2D eigenvalue weighted by Gasteiger charge is -2.25. The van der Waals surface area contributed by atoms with Gasteiger partial charge in [0.1, 0.15) is 0 Å². The lowest BCUT2D eigenvalue weighted by atomic mass is 10.1. The quantitative estimate of drug-likeness (QED) is 0.371. The van der Waals surface area contributed by atoms with E-state index in [1.807, 2.05) is 14.0 Å². The standard InChI is InChI=1S/C9H21N3O/c1-7(2)6-12(4)8(3)5-9(13)11-10/h7-8H,5-6,10H2,1-4H3,(H,11,13). The zero-order chi connectivity index (χ0) is 10.4. The Bertz CT molecular complexity index is 159. The number of nitrogens with zero attached hydrogens (tertiary/aromatic N) is 1. The Hall–Kier alpha value is -0.610. The first-order valence-electron chi connectivity index (χ1n) is 4.67. The van der Waals surface area contributed by atoms with Gasteiger partial charge in [0.15, 0.2) is 0 Å². The molecule has 0 aliphatic carbocycles. The van der Waals surface area contributed by atoms with E-state index in [2.05, 4.69) is 24.2 Å². The van der Waals surface area contributed by atoms with Gasteiger partial charge >= 0.3 is 0 Å². The van der Waals surface area contributed by atoms with Crippen molar-refractivity contribution in [3.05, 3.63) is 0 Å². The molecule has 0 aromatic rings. The number of carbonyl (C=O) groups excluding carboxylic acids is 1. The van der Waals surface area contributed by atoms with Crippen LogP contribution in [0.4, 0.5) is 0 Å². The highest BCUT2D eigenvalue weighted by atomic mass is 16.2. The molecule has 0 aliphatic heterocycles. The minimum Gasteiger partial charge on any atom is -0.303 e. The van der Waals surface area contributed by atoms with Crippen molar-refractivity contribution < 1.29 is 4.79 Å². The molecule has 0 saturated carbocycles. The van der Waals surface area contributed by atoms with Gasteiger partial charge in [-0.05, 0) is 19.9 Å². The minimum absolute atomic E-state index is 0.108. The molecule has 78 valence electrons. The number of rotatable bonds is 5. The molecule has 0 rings (SSSR count). The number of amides is 1. The summed E-state index contributed by atoms with van der Waals surface area (Å²) in [7, 11) is 2.02. The number of hydrogen-bond acceptors (Lipinski definition) is 3. The second kappa shape index (κ2) is 5.94. The van der Waals surface area contributed by atoms with Gasteiger partial charge in [0.05, 0.1) is 0 Å². The Morgan fingerprint density at radius 3 is 2.38 bits per heavy atom. The topological polar surface area (TPSA) is 58.4 Å². The van der Waals surface area contributed by atoms with Crippen molar-refractivity contribution in [3.63, 3.8) is 0 Å². The van der Waals surface area contributed by atoms with Crippen LogP contribution in [0.3, 0.4) is 0 Å². The average Bonchev–Trinajstić information content (AvgIpc) is 2.02. The van der Waals surface area contributed by atoms with Gasteiger partial charge in [-0.1, -0.05) is 13.8 Å². The number of carbonyl (C=O) groups is 1. The molecular weight excluding hydrogens is 166 g/mol. The van der Waals surface area contributed by atoms with Crippen molar-refractivity contribution in [2.24, 2.45) is 11.8 Å². The van der Waals surface area contributed by atoms with Crippen LogP contribution in [0, 0.1) is 5.92 Å². The van der Waals surface area contributed by atoms with Gasteiger partial charge in [-0.2, -0.15) is 0 Å². The molecule has 13 heavy (non-hydrogen) atoms. The zero-order valence-corrected chi connectivity index (χ0v) is 9.00. The smallest absolute Gasteiger partial charge is 0.235 e. The minimum atomic E-state index is -0.108. The molecule has 0 aromatic heterocycles. The first-order valence-corrected chi connectivity index (χ1v) is 4.67. The molecule has 0 bridgehead atoms. The predicted octanol–water partition coefficient (Wildman–Crippen LogP) is 0.343. The Balaban J connectivity index is 3.81. The number of nitrogens with two attached hydrogens (primary N) is 1. The fraction of sp³-hybridized carbons (Fsp3) is 0.889. The maximum absolute atomic E-state index is 10.9. The monoisotopic (exact) mass is 187 g/mol. The first-order chi connectivity index (χ1) is 5.97. The van der Waals surface area contributed by atoms with Crippen molar-refractivity contribution in [3.8, 4) is 0 Å². The summed E-state index contributed by atoms with van der Waals surface area (Å²) in [6, 6.07) is 0.242. The summed E-state index contributed by atoms with van der Waals surface area (Å²) in [4.78, 5) is 13.1. The number of hydrazine groups is 1. The summed E-state index contributed by atoms with van der Waals surface area (Å²) in [5, 5.41) is 0. The third kappa shape index (κ3) is 5.60. The Kier molecular flexibility index (Phi) is 5.66. The van der Waals surface area contributed by atoms with Gasteiger partial charge < -0.3 is 4.90 Å². The molecule has 0 saturated heterocycles. The van der Waals surface area contributed by atoms with Crippen LogP contribution in [-0.2, 0) is 4.79 Å². The molecule has 3 N–H and O–H groups in total. The summed E-state index contributed by atoms with van der Waals surface area (Å²) in [6.07, 6.45) is 0.458. The van der Waals surface area contributed by atoms with Gasteiger partial charge in [0.25, 0.3) is 0 Å². The van der Waals surface area contributed by atoms with Gasteiger partial charge in [0, 0.05) is 19.0 Å². The van der Waals surface area contributed by atoms with Crippen LogP contribution in [0.2, 0.25) is 0 Å². The van der Waals surface area contributed by atoms with E-state index in [1.54, 1.807) is 0 Å². The maximum atomic E-state index is 10.9. The second-order valence-electron chi connectivity index (χ2n) is 3.95. The van der Waals surface area contributed by atoms with E-state index in [4.69, 9.17) is 5.84 Å². The van der Waals surface area contributed by atoms with Crippen molar-refractivity contribution in [2.75, 3.05) is 13.6 Å². The van der Waals surface area contributed by atoms with Crippen molar-refractivity contribution in [1.82, 2.24) is 10.3 Å². The Labute approximate surface area is 80.4 Å². The van der Waals surface area contributed by atoms with E-state index in [-0.39, 0.29) is 11.9 Å². The van der Waals surface area contributed by atoms with Crippen LogP contribution < -0.4 is 11.3 Å². The third-order valence-corrected chi connectivity index (χ3v) is 2.05. The van der Waals surface area contributed by atoms with E-state index < -0.39 is 0 Å². The fourth-order valence-corrected chi connectivity index (χ4v) is 1.24. The van der Waals surface area contributed by atoms with Crippen molar-refractivity contribution in [1.29, 1.82) is 0 Å². The first kappa shape index (κ1) is 12.4. The second-order valence-corrected chi connectivity index (χ2v) is 3.95. The molecule has 0 heterocycles. The summed E-state index contributed by atoms with van der Waals surface area (Å²) in [6.45, 7) is 7.34. The van der Waals surface area contributed by atoms with E-state index >= 15 is 0 Å². The summed E-state index contributed by atoms with van der Waals surface area (Å²) in [5.74, 6) is 5.51. The summed E-state index contributed by atoms with van der Waals surface area (Å²) in [5.41, 5.74) is 2.14. The average molecular weight is 187 g/mol. The predicted molar refractivity (Wildman–Crippen MR) is 53.9 cm³/mol. The summed E-state index contributed by atoms with van der Waals surface area (Å²) < 4.78 is 0. The van der Waals surface area contributed by atoms with Gasteiger partial charge in [-0.3, -0.25) is 10.2 Å². The highest BCUT2D eigenvalue weighted by Gasteiger charge is 2.13. The lowest BCUT2D eigenvalue weighted by Crippen LogP contribution is -2.39. The molecule has 0 spiro atoms. The molecule has 1 amide bonds. The maximum Gasteiger partial charge on any atom is 0.235 e. The van der Waals surface area contributed by atoms with Gasteiger partial charge in [0.2, 0.25) is 5.91 Å². The highest BCUT2D eigenvalue weighted by Crippen LogP contribution is 2.04. The van der Waals surface area contributed by atoms with E-state index in [1.165, 1.54) is 0 Å². The zero-order valence-electron chi connectivity index (χ0n) is 9.00. The van der Waals surface area contributed by atoms with Crippen LogP contribution in [0.5, 0.6) is 0 Å². The molecule has 4 nitrogen and oxygen atoms in total. The van der Waals surface area contributed by atoms with E-state index in [0.29, 0.717) is 12.3 Å². The molecular formula is C9H21N3O. The third-order valence-electron chi connectivity index (χ3n) is 2.05. The van der Waals surface area contributed by atoms with E-state index in [9.17, 15) is 4.79 Å². The van der Waals surface area contributed by atoms with Crippen molar-refractivity contribution in [2.45, 2.75) is 33.2 Å². The van der Waals surface area contributed by atoms with Crippen LogP contribution >= 0.6 is 0 Å². The van der Waals surface area contributed by atoms with Crippen LogP contribution in [0.25, 0.3) is 0 Å². The molecule has 1 unspecified atom stereocenters. The van der Waals surface area contributed by atoms with Crippen LogP contribution in [0.15, 0.2) is 0 Å². The van der Waals surface area contributed by atoms with E-state index in [0.717, 1.165) is 6.54 Å². The largest absolute Gasteiger partial charge is 0.303 e. The van der Waals surface area contributed by atoms with Gasteiger partial charge in [-0.15, -0.1) is 0 Å². The normalized spacial score (nSPS) is 13.5. The molecule has 0 fully saturated rings. The Morgan fingerprint density at radius 2 is 2.00 bits per heavy atom. The highest BCUT2D eigenvalue weighted by molar-refractivity contribution is 5.75. The molecule has 0 aliphatic rings. The number of nitrogens with one attached hydrogen (secondary N) is 1. The Morgan fingerprint density at radius 1 is 1.46 bits per heavy atom. The molecule has 4 heteroatoms. The van der Waals surface area contributed by atoms with Gasteiger partial charge in [-0.25, -0.2) is 5.84 Å². The molecule has 0 aromatic carbocycles. The number of hydrogen-bond donors (Lipinski definition) is 2. The lowest BCUT2D eigenvalue weighted by molar-refractivity contribution is -0.122. The van der Waals surface area contributed by atoms with Crippen LogP contribution in [0.1, 0.15) is 27.2 Å². The molecule has 1 atom stereocenters. The summed E-state index contributed by atoms with van der Waals surface area (Å²) >= 11 is 0. The fourth-order valence-electron chi connectivity index (χ4n) is 1.24. The van der Waals surface area contributed by atoms with Crippen molar-refractivity contribution >= 4 is 5.91 Å². The van der Waals surface area contributed by atoms with Crippen LogP contribution in [-0.4, -0.2) is 30.4 Å². The molecule has 0 radical (unpaired) electrons.